The fraction of sp³-hybridized carbons (Fsp3) is 0.286. The van der Waals surface area contributed by atoms with Gasteiger partial charge in [-0.1, -0.05) is 12.1 Å². The van der Waals surface area contributed by atoms with Crippen LogP contribution in [-0.4, -0.2) is 52.4 Å². The molecule has 1 saturated heterocycles. The number of hydrogen-bond acceptors (Lipinski definition) is 4. The van der Waals surface area contributed by atoms with Crippen LogP contribution in [0.2, 0.25) is 0 Å². The summed E-state index contributed by atoms with van der Waals surface area (Å²) in [6.45, 7) is 6.01. The Morgan fingerprint density at radius 3 is 2.50 bits per heavy atom. The molecule has 144 valence electrons. The number of ether oxygens (including phenoxy) is 1. The summed E-state index contributed by atoms with van der Waals surface area (Å²) >= 11 is 0. The number of benzene rings is 1. The summed E-state index contributed by atoms with van der Waals surface area (Å²) in [6, 6.07) is 11.3. The van der Waals surface area contributed by atoms with Crippen LogP contribution in [0.4, 0.5) is 5.69 Å². The first kappa shape index (κ1) is 18.2. The van der Waals surface area contributed by atoms with Crippen molar-refractivity contribution in [2.24, 2.45) is 0 Å². The molecule has 4 rings (SSSR count). The predicted octanol–water partition coefficient (Wildman–Crippen LogP) is 2.68. The highest BCUT2D eigenvalue weighted by Crippen LogP contribution is 2.19. The number of aryl methyl sites for hydroxylation is 2. The summed E-state index contributed by atoms with van der Waals surface area (Å²) in [5.41, 5.74) is 3.67. The zero-order valence-corrected chi connectivity index (χ0v) is 15.9. The fourth-order valence-corrected chi connectivity index (χ4v) is 3.50. The number of nitrogens with one attached hydrogen (secondary N) is 1. The molecule has 28 heavy (non-hydrogen) atoms. The second-order valence-electron chi connectivity index (χ2n) is 6.97. The van der Waals surface area contributed by atoms with E-state index in [1.165, 1.54) is 0 Å². The number of rotatable bonds is 3. The third-order valence-electron chi connectivity index (χ3n) is 4.73. The molecule has 0 atom stereocenters. The van der Waals surface area contributed by atoms with E-state index in [1.54, 1.807) is 21.6 Å². The Labute approximate surface area is 162 Å². The molecule has 0 aliphatic carbocycles. The van der Waals surface area contributed by atoms with Crippen molar-refractivity contribution in [2.75, 3.05) is 31.6 Å². The van der Waals surface area contributed by atoms with Crippen molar-refractivity contribution in [1.82, 2.24) is 14.3 Å². The van der Waals surface area contributed by atoms with Gasteiger partial charge in [0.15, 0.2) is 5.69 Å². The number of imidazole rings is 1. The van der Waals surface area contributed by atoms with E-state index in [1.807, 2.05) is 44.2 Å². The number of nitrogens with zero attached hydrogens (tertiary/aromatic N) is 3. The van der Waals surface area contributed by atoms with Gasteiger partial charge in [-0.2, -0.15) is 0 Å². The smallest absolute Gasteiger partial charge is 0.290 e. The lowest BCUT2D eigenvalue weighted by atomic mass is 10.1. The normalized spacial score (nSPS) is 14.3. The van der Waals surface area contributed by atoms with Gasteiger partial charge in [-0.05, 0) is 49.2 Å². The van der Waals surface area contributed by atoms with Crippen LogP contribution >= 0.6 is 0 Å². The predicted molar refractivity (Wildman–Crippen MR) is 106 cm³/mol. The largest absolute Gasteiger partial charge is 0.378 e. The van der Waals surface area contributed by atoms with Gasteiger partial charge in [0, 0.05) is 25.0 Å². The van der Waals surface area contributed by atoms with Crippen molar-refractivity contribution in [2.45, 2.75) is 13.8 Å². The van der Waals surface area contributed by atoms with E-state index < -0.39 is 0 Å². The van der Waals surface area contributed by atoms with E-state index >= 15 is 0 Å². The minimum Gasteiger partial charge on any atom is -0.378 e. The van der Waals surface area contributed by atoms with Crippen LogP contribution in [0.1, 0.15) is 32.2 Å². The Morgan fingerprint density at radius 1 is 1.07 bits per heavy atom. The number of pyridine rings is 1. The fourth-order valence-electron chi connectivity index (χ4n) is 3.50. The van der Waals surface area contributed by atoms with E-state index in [9.17, 15) is 9.59 Å². The lowest BCUT2D eigenvalue weighted by molar-refractivity contribution is 0.0294. The summed E-state index contributed by atoms with van der Waals surface area (Å²) in [5.74, 6) is -0.298. The van der Waals surface area contributed by atoms with Gasteiger partial charge >= 0.3 is 0 Å². The van der Waals surface area contributed by atoms with Gasteiger partial charge in [-0.15, -0.1) is 0 Å². The maximum atomic E-state index is 13.0. The maximum absolute atomic E-state index is 13.0. The van der Waals surface area contributed by atoms with Crippen molar-refractivity contribution in [3.05, 3.63) is 65.2 Å². The SMILES string of the molecule is Cc1cc(C)cc(NC(=O)c2nc(C(=O)N3CCOCC3)n3ccccc23)c1. The standard InChI is InChI=1S/C21H22N4O3/c1-14-11-15(2)13-16(12-14)22-20(26)18-17-5-3-4-6-25(17)19(23-18)21(27)24-7-9-28-10-8-24/h3-6,11-13H,7-10H2,1-2H3,(H,22,26). The molecule has 1 aliphatic rings. The molecule has 2 aromatic heterocycles. The second-order valence-corrected chi connectivity index (χ2v) is 6.97. The number of carbonyl (C=O) groups excluding carboxylic acids is 2. The summed E-state index contributed by atoms with van der Waals surface area (Å²) in [5, 5.41) is 2.90. The van der Waals surface area contributed by atoms with Crippen molar-refractivity contribution in [3.8, 4) is 0 Å². The first-order valence-corrected chi connectivity index (χ1v) is 9.27. The van der Waals surface area contributed by atoms with Crippen LogP contribution in [0.3, 0.4) is 0 Å². The van der Waals surface area contributed by atoms with Gasteiger partial charge in [0.2, 0.25) is 5.82 Å². The zero-order chi connectivity index (χ0) is 19.7. The van der Waals surface area contributed by atoms with Gasteiger partial charge in [0.1, 0.15) is 0 Å². The highest BCUT2D eigenvalue weighted by Gasteiger charge is 2.26. The van der Waals surface area contributed by atoms with Gasteiger partial charge in [-0.25, -0.2) is 4.98 Å². The Morgan fingerprint density at radius 2 is 1.79 bits per heavy atom. The van der Waals surface area contributed by atoms with Crippen LogP contribution in [0.25, 0.3) is 5.52 Å². The Hall–Kier alpha value is -3.19. The molecule has 0 spiro atoms. The number of anilines is 1. The first-order valence-electron chi connectivity index (χ1n) is 9.27. The lowest BCUT2D eigenvalue weighted by Gasteiger charge is -2.26. The van der Waals surface area contributed by atoms with Gasteiger partial charge < -0.3 is 15.0 Å². The molecular formula is C21H22N4O3. The second kappa shape index (κ2) is 7.44. The number of aromatic nitrogens is 2. The molecule has 7 heteroatoms. The number of hydrogen-bond donors (Lipinski definition) is 1. The Balaban J connectivity index is 1.69. The van der Waals surface area contributed by atoms with Crippen molar-refractivity contribution < 1.29 is 14.3 Å². The molecule has 1 aromatic carbocycles. The molecule has 7 nitrogen and oxygen atoms in total. The zero-order valence-electron chi connectivity index (χ0n) is 15.9. The van der Waals surface area contributed by atoms with Crippen LogP contribution in [0.5, 0.6) is 0 Å². The average molecular weight is 378 g/mol. The number of amides is 2. The van der Waals surface area contributed by atoms with Crippen LogP contribution < -0.4 is 5.32 Å². The molecule has 0 saturated carbocycles. The van der Waals surface area contributed by atoms with E-state index in [-0.39, 0.29) is 23.3 Å². The number of fused-ring (bicyclic) bond motifs is 1. The van der Waals surface area contributed by atoms with Crippen molar-refractivity contribution in [3.63, 3.8) is 0 Å². The molecule has 0 radical (unpaired) electrons. The third-order valence-corrected chi connectivity index (χ3v) is 4.73. The lowest BCUT2D eigenvalue weighted by Crippen LogP contribution is -2.41. The summed E-state index contributed by atoms with van der Waals surface area (Å²) in [6.07, 6.45) is 1.75. The van der Waals surface area contributed by atoms with Crippen LogP contribution in [-0.2, 0) is 4.74 Å². The summed E-state index contributed by atoms with van der Waals surface area (Å²) in [4.78, 5) is 32.0. The maximum Gasteiger partial charge on any atom is 0.290 e. The number of morpholine rings is 1. The Bertz CT molecular complexity index is 1030. The molecular weight excluding hydrogens is 356 g/mol. The van der Waals surface area contributed by atoms with Crippen LogP contribution in [0.15, 0.2) is 42.6 Å². The summed E-state index contributed by atoms with van der Waals surface area (Å²) < 4.78 is 6.99. The molecule has 1 N–H and O–H groups in total. The van der Waals surface area contributed by atoms with Crippen molar-refractivity contribution in [1.29, 1.82) is 0 Å². The van der Waals surface area contributed by atoms with Gasteiger partial charge in [-0.3, -0.25) is 14.0 Å². The van der Waals surface area contributed by atoms with Crippen LogP contribution in [0, 0.1) is 13.8 Å². The molecule has 1 fully saturated rings. The van der Waals surface area contributed by atoms with Gasteiger partial charge in [0.05, 0.1) is 18.7 Å². The monoisotopic (exact) mass is 378 g/mol. The van der Waals surface area contributed by atoms with E-state index in [2.05, 4.69) is 10.3 Å². The number of carbonyl (C=O) groups is 2. The Kier molecular flexibility index (Phi) is 4.83. The highest BCUT2D eigenvalue weighted by atomic mass is 16.5. The molecule has 1 aliphatic heterocycles. The molecule has 0 bridgehead atoms. The molecule has 3 aromatic rings. The van der Waals surface area contributed by atoms with Crippen molar-refractivity contribution >= 4 is 23.0 Å². The topological polar surface area (TPSA) is 75.9 Å². The quantitative estimate of drug-likeness (QED) is 0.760. The minimum atomic E-state index is -0.338. The summed E-state index contributed by atoms with van der Waals surface area (Å²) in [7, 11) is 0. The average Bonchev–Trinajstić information content (AvgIpc) is 3.07. The minimum absolute atomic E-state index is 0.199. The van der Waals surface area contributed by atoms with E-state index in [4.69, 9.17) is 4.74 Å². The van der Waals surface area contributed by atoms with E-state index in [0.29, 0.717) is 37.5 Å². The third kappa shape index (κ3) is 3.48. The van der Waals surface area contributed by atoms with E-state index in [0.717, 1.165) is 11.1 Å². The molecule has 0 unspecified atom stereocenters. The van der Waals surface area contributed by atoms with Gasteiger partial charge in [0.25, 0.3) is 11.8 Å². The first-order chi connectivity index (χ1) is 13.5. The highest BCUT2D eigenvalue weighted by molar-refractivity contribution is 6.09. The molecule has 3 heterocycles. The molecule has 2 amide bonds.